The van der Waals surface area contributed by atoms with Crippen LogP contribution in [0.25, 0.3) is 0 Å². The molecule has 0 saturated carbocycles. The van der Waals surface area contributed by atoms with Crippen LogP contribution in [-0.2, 0) is 4.79 Å². The Labute approximate surface area is 114 Å². The zero-order valence-corrected chi connectivity index (χ0v) is 11.5. The van der Waals surface area contributed by atoms with Crippen molar-refractivity contribution in [3.05, 3.63) is 35.9 Å². The van der Waals surface area contributed by atoms with Gasteiger partial charge in [0.2, 0.25) is 5.91 Å². The van der Waals surface area contributed by atoms with Crippen molar-refractivity contribution in [2.75, 3.05) is 13.1 Å². The molecule has 19 heavy (non-hydrogen) atoms. The molecule has 0 aromatic heterocycles. The molecular weight excluding hydrogens is 238 g/mol. The number of carbonyl (C=O) groups excluding carboxylic acids is 1. The van der Waals surface area contributed by atoms with Crippen LogP contribution in [0.2, 0.25) is 0 Å². The van der Waals surface area contributed by atoms with Crippen molar-refractivity contribution < 1.29 is 4.79 Å². The second-order valence-electron chi connectivity index (χ2n) is 5.19. The van der Waals surface area contributed by atoms with E-state index in [1.165, 1.54) is 0 Å². The molecule has 0 aliphatic carbocycles. The smallest absolute Gasteiger partial charge is 0.240 e. The van der Waals surface area contributed by atoms with E-state index in [0.717, 1.165) is 31.4 Å². The monoisotopic (exact) mass is 261 g/mol. The molecule has 1 aliphatic rings. The third-order valence-electron chi connectivity index (χ3n) is 3.99. The lowest BCUT2D eigenvalue weighted by Crippen LogP contribution is -2.54. The first-order chi connectivity index (χ1) is 9.18. The molecule has 1 amide bonds. The van der Waals surface area contributed by atoms with E-state index < -0.39 is 0 Å². The Kier molecular flexibility index (Phi) is 4.56. The topological polar surface area (TPSA) is 67.2 Å². The second kappa shape index (κ2) is 6.17. The Morgan fingerprint density at radius 2 is 2.21 bits per heavy atom. The van der Waals surface area contributed by atoms with Crippen molar-refractivity contribution in [1.82, 2.24) is 10.6 Å². The summed E-state index contributed by atoms with van der Waals surface area (Å²) in [5.41, 5.74) is 6.76. The van der Waals surface area contributed by atoms with Gasteiger partial charge in [-0.2, -0.15) is 0 Å². The zero-order chi connectivity index (χ0) is 13.7. The lowest BCUT2D eigenvalue weighted by atomic mass is 9.93. The predicted octanol–water partition coefficient (Wildman–Crippen LogP) is 1.33. The molecule has 4 nitrogen and oxygen atoms in total. The molecule has 1 aliphatic heterocycles. The molecular formula is C15H23N3O. The van der Waals surface area contributed by atoms with Gasteiger partial charge in [0.1, 0.15) is 0 Å². The third-order valence-corrected chi connectivity index (χ3v) is 3.99. The van der Waals surface area contributed by atoms with Crippen molar-refractivity contribution in [2.24, 2.45) is 5.73 Å². The number of amides is 1. The molecule has 4 N–H and O–H groups in total. The molecule has 1 saturated heterocycles. The molecule has 2 atom stereocenters. The van der Waals surface area contributed by atoms with Crippen LogP contribution in [0.5, 0.6) is 0 Å². The van der Waals surface area contributed by atoms with E-state index in [1.807, 2.05) is 30.3 Å². The largest absolute Gasteiger partial charge is 0.353 e. The quantitative estimate of drug-likeness (QED) is 0.749. The van der Waals surface area contributed by atoms with Crippen molar-refractivity contribution in [1.29, 1.82) is 0 Å². The Morgan fingerprint density at radius 1 is 1.47 bits per heavy atom. The first-order valence-corrected chi connectivity index (χ1v) is 7.02. The van der Waals surface area contributed by atoms with Crippen molar-refractivity contribution in [3.8, 4) is 0 Å². The van der Waals surface area contributed by atoms with Crippen LogP contribution in [0.15, 0.2) is 30.3 Å². The lowest BCUT2D eigenvalue weighted by molar-refractivity contribution is -0.127. The minimum atomic E-state index is -0.379. The van der Waals surface area contributed by atoms with E-state index >= 15 is 0 Å². The fourth-order valence-electron chi connectivity index (χ4n) is 2.65. The highest BCUT2D eigenvalue weighted by molar-refractivity contribution is 5.86. The summed E-state index contributed by atoms with van der Waals surface area (Å²) in [6.45, 7) is 3.45. The first-order valence-electron chi connectivity index (χ1n) is 7.02. The summed E-state index contributed by atoms with van der Waals surface area (Å²) in [5.74, 6) is 0.0823. The van der Waals surface area contributed by atoms with E-state index in [1.54, 1.807) is 0 Å². The summed E-state index contributed by atoms with van der Waals surface area (Å²) < 4.78 is 0. The number of benzene rings is 1. The Morgan fingerprint density at radius 3 is 2.79 bits per heavy atom. The van der Waals surface area contributed by atoms with Gasteiger partial charge >= 0.3 is 0 Å². The second-order valence-corrected chi connectivity index (χ2v) is 5.19. The normalized spacial score (nSPS) is 24.1. The van der Waals surface area contributed by atoms with Crippen molar-refractivity contribution >= 4 is 5.91 Å². The molecule has 1 aromatic rings. The van der Waals surface area contributed by atoms with E-state index in [0.29, 0.717) is 6.54 Å². The number of hydrogen-bond acceptors (Lipinski definition) is 3. The van der Waals surface area contributed by atoms with Gasteiger partial charge in [-0.3, -0.25) is 4.79 Å². The van der Waals surface area contributed by atoms with Crippen LogP contribution in [-0.4, -0.2) is 24.5 Å². The van der Waals surface area contributed by atoms with Gasteiger partial charge in [-0.25, -0.2) is 0 Å². The summed E-state index contributed by atoms with van der Waals surface area (Å²) >= 11 is 0. The van der Waals surface area contributed by atoms with Gasteiger partial charge in [-0.15, -0.1) is 0 Å². The van der Waals surface area contributed by atoms with E-state index in [-0.39, 0.29) is 17.5 Å². The van der Waals surface area contributed by atoms with E-state index in [9.17, 15) is 4.79 Å². The third kappa shape index (κ3) is 3.14. The number of hydrogen-bond donors (Lipinski definition) is 3. The van der Waals surface area contributed by atoms with Gasteiger partial charge in [0.05, 0.1) is 5.54 Å². The molecule has 2 unspecified atom stereocenters. The number of nitrogens with one attached hydrogen (secondary N) is 2. The summed E-state index contributed by atoms with van der Waals surface area (Å²) in [6, 6.07) is 9.70. The molecule has 0 bridgehead atoms. The minimum absolute atomic E-state index is 0.0823. The fraction of sp³-hybridized carbons (Fsp3) is 0.533. The van der Waals surface area contributed by atoms with Crippen LogP contribution in [0, 0.1) is 0 Å². The Bertz CT molecular complexity index is 413. The van der Waals surface area contributed by atoms with E-state index in [4.69, 9.17) is 5.73 Å². The van der Waals surface area contributed by atoms with Gasteiger partial charge in [0.25, 0.3) is 0 Å². The summed E-state index contributed by atoms with van der Waals surface area (Å²) in [5, 5.41) is 6.32. The van der Waals surface area contributed by atoms with Gasteiger partial charge in [-0.05, 0) is 31.4 Å². The van der Waals surface area contributed by atoms with Crippen LogP contribution in [0.3, 0.4) is 0 Å². The SMILES string of the molecule is CCC1(C(=O)NCC(N)c2ccccc2)CCCN1. The van der Waals surface area contributed by atoms with Crippen LogP contribution in [0.1, 0.15) is 37.8 Å². The zero-order valence-electron chi connectivity index (χ0n) is 11.5. The van der Waals surface area contributed by atoms with Crippen LogP contribution in [0.4, 0.5) is 0 Å². The average molecular weight is 261 g/mol. The maximum Gasteiger partial charge on any atom is 0.240 e. The molecule has 4 heteroatoms. The average Bonchev–Trinajstić information content (AvgIpc) is 2.95. The molecule has 2 rings (SSSR count). The standard InChI is InChI=1S/C15H23N3O/c1-2-15(9-6-10-18-15)14(19)17-11-13(16)12-7-4-3-5-8-12/h3-5,7-8,13,18H,2,6,9-11,16H2,1H3,(H,17,19). The summed E-state index contributed by atoms with van der Waals surface area (Å²) in [6.07, 6.45) is 2.79. The van der Waals surface area contributed by atoms with E-state index in [2.05, 4.69) is 17.6 Å². The Hall–Kier alpha value is -1.39. The highest BCUT2D eigenvalue weighted by Gasteiger charge is 2.38. The fourth-order valence-corrected chi connectivity index (χ4v) is 2.65. The highest BCUT2D eigenvalue weighted by Crippen LogP contribution is 2.23. The molecule has 1 fully saturated rings. The molecule has 104 valence electrons. The van der Waals surface area contributed by atoms with Crippen LogP contribution < -0.4 is 16.4 Å². The van der Waals surface area contributed by atoms with Crippen LogP contribution >= 0.6 is 0 Å². The molecule has 0 radical (unpaired) electrons. The Balaban J connectivity index is 1.90. The highest BCUT2D eigenvalue weighted by atomic mass is 16.2. The number of rotatable bonds is 5. The van der Waals surface area contributed by atoms with Crippen molar-refractivity contribution in [3.63, 3.8) is 0 Å². The van der Waals surface area contributed by atoms with Gasteiger partial charge in [0, 0.05) is 12.6 Å². The summed E-state index contributed by atoms with van der Waals surface area (Å²) in [7, 11) is 0. The summed E-state index contributed by atoms with van der Waals surface area (Å²) in [4.78, 5) is 12.3. The van der Waals surface area contributed by atoms with Gasteiger partial charge in [-0.1, -0.05) is 37.3 Å². The number of nitrogens with two attached hydrogens (primary N) is 1. The first kappa shape index (κ1) is 14.0. The van der Waals surface area contributed by atoms with Gasteiger partial charge in [0.15, 0.2) is 0 Å². The molecule has 0 spiro atoms. The van der Waals surface area contributed by atoms with Crippen molar-refractivity contribution in [2.45, 2.75) is 37.8 Å². The minimum Gasteiger partial charge on any atom is -0.353 e. The maximum absolute atomic E-state index is 12.3. The predicted molar refractivity (Wildman–Crippen MR) is 76.6 cm³/mol. The van der Waals surface area contributed by atoms with Gasteiger partial charge < -0.3 is 16.4 Å². The lowest BCUT2D eigenvalue weighted by Gasteiger charge is -2.27. The maximum atomic E-state index is 12.3. The number of carbonyl (C=O) groups is 1. The molecule has 1 heterocycles. The molecule has 1 aromatic carbocycles.